The van der Waals surface area contributed by atoms with Gasteiger partial charge >= 0.3 is 5.97 Å². The van der Waals surface area contributed by atoms with Crippen molar-refractivity contribution in [1.82, 2.24) is 63.4 Å². The number of carbonyl (C=O) groups excluding carboxylic acids is 12. The first-order chi connectivity index (χ1) is 48.0. The number of rotatable bonds is 48. The van der Waals surface area contributed by atoms with Crippen molar-refractivity contribution in [3.8, 4) is 5.75 Å². The molecule has 1 aliphatic heterocycles. The zero-order valence-corrected chi connectivity index (χ0v) is 61.5. The van der Waals surface area contributed by atoms with E-state index in [9.17, 15) is 77.6 Å². The van der Waals surface area contributed by atoms with E-state index in [0.29, 0.717) is 89.4 Å². The maximum atomic E-state index is 14.4. The van der Waals surface area contributed by atoms with E-state index < -0.39 is 179 Å². The van der Waals surface area contributed by atoms with Gasteiger partial charge in [-0.3, -0.25) is 57.5 Å². The molecular formula is C69H121N17O16. The quantitative estimate of drug-likeness (QED) is 0.0303. The van der Waals surface area contributed by atoms with Gasteiger partial charge in [-0.2, -0.15) is 0 Å². The fourth-order valence-electron chi connectivity index (χ4n) is 11.3. The third-order valence-electron chi connectivity index (χ3n) is 17.5. The molecule has 0 aliphatic carbocycles. The molecule has 578 valence electrons. The lowest BCUT2D eigenvalue weighted by atomic mass is 9.98. The lowest BCUT2D eigenvalue weighted by molar-refractivity contribution is -0.149. The predicted octanol–water partition coefficient (Wildman–Crippen LogP) is -2.38. The summed E-state index contributed by atoms with van der Waals surface area (Å²) < 4.78 is 0. The van der Waals surface area contributed by atoms with Gasteiger partial charge in [0, 0.05) is 13.0 Å². The summed E-state index contributed by atoms with van der Waals surface area (Å²) in [5, 5.41) is 59.7. The molecule has 2 rings (SSSR count). The Morgan fingerprint density at radius 3 is 1.20 bits per heavy atom. The van der Waals surface area contributed by atoms with Gasteiger partial charge in [-0.25, -0.2) is 4.79 Å². The van der Waals surface area contributed by atoms with Crippen molar-refractivity contribution in [1.29, 1.82) is 0 Å². The van der Waals surface area contributed by atoms with Gasteiger partial charge in [0.15, 0.2) is 0 Å². The Morgan fingerprint density at radius 1 is 0.431 bits per heavy atom. The van der Waals surface area contributed by atoms with Crippen LogP contribution in [0, 0.1) is 23.7 Å². The van der Waals surface area contributed by atoms with Crippen molar-refractivity contribution >= 4 is 76.9 Å². The Bertz CT molecular complexity index is 2880. The van der Waals surface area contributed by atoms with Crippen LogP contribution in [0.2, 0.25) is 0 Å². The molecule has 0 bridgehead atoms. The normalized spacial score (nSPS) is 16.8. The van der Waals surface area contributed by atoms with Crippen LogP contribution in [-0.4, -0.2) is 214 Å². The van der Waals surface area contributed by atoms with Crippen LogP contribution < -0.4 is 87.2 Å². The number of aromatic hydroxyl groups is 1. The molecule has 102 heavy (non-hydrogen) atoms. The predicted molar refractivity (Wildman–Crippen MR) is 382 cm³/mol. The third-order valence-corrected chi connectivity index (χ3v) is 17.5. The van der Waals surface area contributed by atoms with E-state index in [1.54, 1.807) is 41.5 Å². The van der Waals surface area contributed by atoms with Crippen molar-refractivity contribution in [2.24, 2.45) is 52.3 Å². The van der Waals surface area contributed by atoms with Crippen molar-refractivity contribution in [2.75, 3.05) is 32.7 Å². The standard InChI is InChI=1S/C69H121N17O16/c1-37(2)35-51(68(100)86-34-20-25-52(86)69(101)102)81-65(97)54(39(5)6)83-63(95)50(36-44-26-28-45(88)29-27-44)80-67(99)56(43(11)87)85-58(90)42(10)75-57(89)41(9)76-64(96)53(38(3)4)84-66(98)55(40(7)8)82-62(94)49(24-15-19-33-73)79-61(93)48(23-14-18-32-72)78-60(92)47(22-13-17-31-71)77-59(91)46(74)21-12-16-30-70/h26-29,37-43,46-56,87-88H,12-25,30-36,70-74H2,1-11H3,(H,75,89)(H,76,96)(H,77,91)(H,78,92)(H,79,93)(H,80,99)(H,81,97)(H,82,94)(H,83,95)(H,84,98)(H,85,90)(H,101,102)/t41-,42-,43+,46-,47-,48-,49-,50-,51-,52-,53-,54-,55-,56-/m0/s1. The highest BCUT2D eigenvalue weighted by molar-refractivity contribution is 6.00. The van der Waals surface area contributed by atoms with Crippen molar-refractivity contribution in [2.45, 2.75) is 264 Å². The first-order valence-corrected chi connectivity index (χ1v) is 35.9. The monoisotopic (exact) mass is 1440 g/mol. The number of phenols is 1. The number of carboxylic acid groups (broad SMARTS) is 1. The van der Waals surface area contributed by atoms with Crippen LogP contribution in [-0.2, 0) is 68.7 Å². The molecule has 0 saturated carbocycles. The number of aliphatic carboxylic acids is 1. The number of likely N-dealkylation sites (tertiary alicyclic amines) is 1. The highest BCUT2D eigenvalue weighted by Crippen LogP contribution is 2.22. The molecule has 12 amide bonds. The fraction of sp³-hybridized carbons (Fsp3) is 0.725. The second-order valence-electron chi connectivity index (χ2n) is 28.0. The second-order valence-corrected chi connectivity index (χ2v) is 28.0. The van der Waals surface area contributed by atoms with Gasteiger partial charge in [-0.15, -0.1) is 0 Å². The van der Waals surface area contributed by atoms with E-state index in [1.165, 1.54) is 49.9 Å². The molecule has 0 aromatic heterocycles. The van der Waals surface area contributed by atoms with E-state index in [0.717, 1.165) is 0 Å². The van der Waals surface area contributed by atoms with Crippen molar-refractivity contribution < 1.29 is 77.6 Å². The number of phenolic OH excluding ortho intramolecular Hbond substituents is 1. The Labute approximate surface area is 599 Å². The number of amides is 12. The molecule has 1 aromatic rings. The topological polar surface area (TPSA) is 548 Å². The summed E-state index contributed by atoms with van der Waals surface area (Å²) in [5.74, 6) is -12.7. The molecule has 0 radical (unpaired) electrons. The highest BCUT2D eigenvalue weighted by atomic mass is 16.4. The van der Waals surface area contributed by atoms with Gasteiger partial charge in [0.05, 0.1) is 12.1 Å². The molecule has 33 heteroatoms. The SMILES string of the molecule is CC(C)C[C@H](NC(=O)[C@@H](NC(=O)[C@H](Cc1ccc(O)cc1)NC(=O)[C@@H](NC(=O)[C@H](C)NC(=O)[C@H](C)NC(=O)[C@@H](NC(=O)[C@@H](NC(=O)[C@H](CCCCN)NC(=O)[C@H](CCCCN)NC(=O)[C@H](CCCCN)NC(=O)[C@@H](N)CCCCN)C(C)C)C(C)C)[C@@H](C)O)C(C)C)C(=O)N1CCC[C@H]1C(=O)O. The average Bonchev–Trinajstić information content (AvgIpc) is 1.50. The third kappa shape index (κ3) is 31.2. The second kappa shape index (κ2) is 46.5. The van der Waals surface area contributed by atoms with Crippen molar-refractivity contribution in [3.05, 3.63) is 29.8 Å². The molecule has 1 fully saturated rings. The summed E-state index contributed by atoms with van der Waals surface area (Å²) in [6.07, 6.45) is 3.71. The van der Waals surface area contributed by atoms with Crippen LogP contribution in [0.5, 0.6) is 5.75 Å². The van der Waals surface area contributed by atoms with Crippen LogP contribution >= 0.6 is 0 Å². The van der Waals surface area contributed by atoms with Gasteiger partial charge < -0.3 is 107 Å². The highest BCUT2D eigenvalue weighted by Gasteiger charge is 2.41. The summed E-state index contributed by atoms with van der Waals surface area (Å²) in [5.41, 5.74) is 29.5. The zero-order chi connectivity index (χ0) is 77.1. The number of carbonyl (C=O) groups is 13. The number of aliphatic hydroxyl groups excluding tert-OH is 1. The van der Waals surface area contributed by atoms with Crippen LogP contribution in [0.25, 0.3) is 0 Å². The van der Waals surface area contributed by atoms with Gasteiger partial charge in [-0.1, -0.05) is 73.9 Å². The first-order valence-electron chi connectivity index (χ1n) is 35.9. The molecular weight excluding hydrogens is 1320 g/mol. The molecule has 1 saturated heterocycles. The largest absolute Gasteiger partial charge is 0.508 e. The molecule has 1 heterocycles. The lowest BCUT2D eigenvalue weighted by Crippen LogP contribution is -2.62. The van der Waals surface area contributed by atoms with Crippen LogP contribution in [0.1, 0.15) is 178 Å². The Balaban J connectivity index is 2.30. The minimum atomic E-state index is -1.77. The molecule has 14 atom stereocenters. The molecule has 0 spiro atoms. The summed E-state index contributed by atoms with van der Waals surface area (Å²) >= 11 is 0. The van der Waals surface area contributed by atoms with Gasteiger partial charge in [0.25, 0.3) is 0 Å². The fourth-order valence-corrected chi connectivity index (χ4v) is 11.3. The van der Waals surface area contributed by atoms with Gasteiger partial charge in [0.2, 0.25) is 70.9 Å². The minimum Gasteiger partial charge on any atom is -0.508 e. The number of nitrogens with zero attached hydrogens (tertiary/aromatic N) is 1. The number of carboxylic acids is 1. The number of nitrogens with two attached hydrogens (primary N) is 5. The summed E-state index contributed by atoms with van der Waals surface area (Å²) in [6, 6.07) is -11.0. The number of benzene rings is 1. The van der Waals surface area contributed by atoms with E-state index >= 15 is 0 Å². The summed E-state index contributed by atoms with van der Waals surface area (Å²) in [6.45, 7) is 18.7. The Hall–Kier alpha value is -8.11. The maximum Gasteiger partial charge on any atom is 0.326 e. The van der Waals surface area contributed by atoms with E-state index in [2.05, 4.69) is 58.5 Å². The molecule has 33 nitrogen and oxygen atoms in total. The molecule has 1 aliphatic rings. The van der Waals surface area contributed by atoms with Crippen LogP contribution in [0.15, 0.2) is 24.3 Å². The maximum absolute atomic E-state index is 14.4. The number of unbranched alkanes of at least 4 members (excludes halogenated alkanes) is 4. The number of hydrogen-bond acceptors (Lipinski definition) is 20. The van der Waals surface area contributed by atoms with Crippen LogP contribution in [0.3, 0.4) is 0 Å². The summed E-state index contributed by atoms with van der Waals surface area (Å²) in [4.78, 5) is 181. The van der Waals surface area contributed by atoms with Gasteiger partial charge in [0.1, 0.15) is 78.3 Å². The Kier molecular flexibility index (Phi) is 41.0. The van der Waals surface area contributed by atoms with E-state index in [-0.39, 0.29) is 63.3 Å². The molecule has 1 aromatic carbocycles. The summed E-state index contributed by atoms with van der Waals surface area (Å²) in [7, 11) is 0. The van der Waals surface area contributed by atoms with Crippen molar-refractivity contribution in [3.63, 3.8) is 0 Å². The first kappa shape index (κ1) is 90.0. The zero-order valence-electron chi connectivity index (χ0n) is 61.5. The van der Waals surface area contributed by atoms with E-state index in [1.807, 2.05) is 13.8 Å². The smallest absolute Gasteiger partial charge is 0.326 e. The number of nitrogens with one attached hydrogen (secondary N) is 11. The van der Waals surface area contributed by atoms with Crippen LogP contribution in [0.4, 0.5) is 0 Å². The average molecular weight is 1440 g/mol. The molecule has 24 N–H and O–H groups in total. The van der Waals surface area contributed by atoms with Gasteiger partial charge in [-0.05, 0) is 178 Å². The number of hydrogen-bond donors (Lipinski definition) is 19. The lowest BCUT2D eigenvalue weighted by Gasteiger charge is -2.31. The Morgan fingerprint density at radius 2 is 0.775 bits per heavy atom. The van der Waals surface area contributed by atoms with E-state index in [4.69, 9.17) is 28.7 Å². The molecule has 0 unspecified atom stereocenters. The number of aliphatic hydroxyl groups is 1. The minimum absolute atomic E-state index is 0.0683.